The Bertz CT molecular complexity index is 533. The summed E-state index contributed by atoms with van der Waals surface area (Å²) < 4.78 is 5.48. The predicted molar refractivity (Wildman–Crippen MR) is 84.4 cm³/mol. The van der Waals surface area contributed by atoms with Gasteiger partial charge in [0.25, 0.3) is 0 Å². The van der Waals surface area contributed by atoms with E-state index >= 15 is 0 Å². The van der Waals surface area contributed by atoms with Crippen molar-refractivity contribution in [2.24, 2.45) is 5.73 Å². The summed E-state index contributed by atoms with van der Waals surface area (Å²) in [5.74, 6) is 1.55. The minimum atomic E-state index is 0.613. The summed E-state index contributed by atoms with van der Waals surface area (Å²) in [7, 11) is 0. The van der Waals surface area contributed by atoms with Crippen molar-refractivity contribution in [2.75, 3.05) is 24.6 Å². The van der Waals surface area contributed by atoms with Gasteiger partial charge >= 0.3 is 0 Å². The zero-order valence-corrected chi connectivity index (χ0v) is 12.4. The monoisotopic (exact) mass is 286 g/mol. The van der Waals surface area contributed by atoms with Gasteiger partial charge in [-0.25, -0.2) is 0 Å². The Kier molecular flexibility index (Phi) is 5.97. The van der Waals surface area contributed by atoms with E-state index in [9.17, 15) is 0 Å². The maximum absolute atomic E-state index is 5.64. The molecule has 0 spiro atoms. The fourth-order valence-corrected chi connectivity index (χ4v) is 2.08. The van der Waals surface area contributed by atoms with Crippen molar-refractivity contribution in [3.63, 3.8) is 0 Å². The van der Waals surface area contributed by atoms with Crippen LogP contribution < -0.4 is 15.4 Å². The van der Waals surface area contributed by atoms with Crippen molar-refractivity contribution in [1.29, 1.82) is 0 Å². The van der Waals surface area contributed by atoms with Gasteiger partial charge in [0.2, 0.25) is 5.88 Å². The Balaban J connectivity index is 2.16. The zero-order valence-electron chi connectivity index (χ0n) is 12.4. The molecule has 0 bridgehead atoms. The van der Waals surface area contributed by atoms with Crippen molar-refractivity contribution < 1.29 is 4.74 Å². The van der Waals surface area contributed by atoms with E-state index in [4.69, 9.17) is 10.5 Å². The van der Waals surface area contributed by atoms with E-state index in [-0.39, 0.29) is 0 Å². The lowest BCUT2D eigenvalue weighted by Gasteiger charge is -2.24. The lowest BCUT2D eigenvalue weighted by molar-refractivity contribution is 0.327. The second-order valence-electron chi connectivity index (χ2n) is 4.69. The Morgan fingerprint density at radius 2 is 2.14 bits per heavy atom. The second-order valence-corrected chi connectivity index (χ2v) is 4.69. The van der Waals surface area contributed by atoms with Crippen LogP contribution in [0.2, 0.25) is 0 Å². The van der Waals surface area contributed by atoms with Crippen LogP contribution in [0.15, 0.2) is 42.7 Å². The first kappa shape index (κ1) is 15.3. The Hall–Kier alpha value is -2.14. The molecule has 0 aliphatic rings. The highest BCUT2D eigenvalue weighted by molar-refractivity contribution is 5.41. The summed E-state index contributed by atoms with van der Waals surface area (Å²) in [6.45, 7) is 4.84. The summed E-state index contributed by atoms with van der Waals surface area (Å²) in [6.07, 6.45) is 4.57. The van der Waals surface area contributed by atoms with Gasteiger partial charge in [-0.15, -0.1) is 0 Å². The highest BCUT2D eigenvalue weighted by Gasteiger charge is 2.09. The molecule has 2 N–H and O–H groups in total. The molecule has 5 nitrogen and oxygen atoms in total. The Labute approximate surface area is 125 Å². The Morgan fingerprint density at radius 3 is 2.86 bits per heavy atom. The second kappa shape index (κ2) is 8.21. The molecule has 2 aromatic rings. The number of ether oxygens (including phenoxy) is 1. The van der Waals surface area contributed by atoms with Gasteiger partial charge in [-0.1, -0.05) is 12.1 Å². The molecule has 0 fully saturated rings. The quantitative estimate of drug-likeness (QED) is 0.806. The lowest BCUT2D eigenvalue weighted by atomic mass is 10.2. The van der Waals surface area contributed by atoms with Gasteiger partial charge in [-0.2, -0.15) is 4.98 Å². The van der Waals surface area contributed by atoms with Gasteiger partial charge in [0.15, 0.2) is 0 Å². The van der Waals surface area contributed by atoms with E-state index in [1.54, 1.807) is 6.20 Å². The van der Waals surface area contributed by atoms with Gasteiger partial charge in [0.1, 0.15) is 5.82 Å². The number of aromatic nitrogens is 2. The number of anilines is 1. The summed E-state index contributed by atoms with van der Waals surface area (Å²) >= 11 is 0. The lowest BCUT2D eigenvalue weighted by Crippen LogP contribution is -2.26. The molecule has 0 atom stereocenters. The van der Waals surface area contributed by atoms with E-state index in [0.29, 0.717) is 19.0 Å². The highest BCUT2D eigenvalue weighted by atomic mass is 16.5. The molecule has 2 heterocycles. The molecule has 0 amide bonds. The third kappa shape index (κ3) is 4.72. The van der Waals surface area contributed by atoms with Crippen LogP contribution in [0, 0.1) is 0 Å². The molecule has 0 aliphatic carbocycles. The molecule has 0 aliphatic heterocycles. The first-order chi connectivity index (χ1) is 10.3. The molecular weight excluding hydrogens is 264 g/mol. The van der Waals surface area contributed by atoms with Gasteiger partial charge < -0.3 is 15.4 Å². The van der Waals surface area contributed by atoms with Crippen molar-refractivity contribution in [1.82, 2.24) is 9.97 Å². The fourth-order valence-electron chi connectivity index (χ4n) is 2.08. The van der Waals surface area contributed by atoms with Gasteiger partial charge in [-0.05, 0) is 37.6 Å². The summed E-state index contributed by atoms with van der Waals surface area (Å²) in [5.41, 5.74) is 6.79. The van der Waals surface area contributed by atoms with E-state index in [2.05, 4.69) is 20.9 Å². The molecule has 0 saturated carbocycles. The van der Waals surface area contributed by atoms with Crippen LogP contribution in [0.4, 0.5) is 5.82 Å². The molecule has 0 aromatic carbocycles. The number of hydrogen-bond acceptors (Lipinski definition) is 5. The van der Waals surface area contributed by atoms with Crippen LogP contribution in [0.25, 0.3) is 0 Å². The predicted octanol–water partition coefficient (Wildman–Crippen LogP) is 2.23. The van der Waals surface area contributed by atoms with E-state index in [1.165, 1.54) is 0 Å². The topological polar surface area (TPSA) is 64.3 Å². The summed E-state index contributed by atoms with van der Waals surface area (Å²) in [6, 6.07) is 9.84. The van der Waals surface area contributed by atoms with E-state index in [0.717, 1.165) is 30.9 Å². The van der Waals surface area contributed by atoms with Crippen LogP contribution in [0.1, 0.15) is 18.9 Å². The molecule has 0 saturated heterocycles. The van der Waals surface area contributed by atoms with E-state index < -0.39 is 0 Å². The average Bonchev–Trinajstić information content (AvgIpc) is 2.53. The fraction of sp³-hybridized carbons (Fsp3) is 0.375. The van der Waals surface area contributed by atoms with Crippen LogP contribution >= 0.6 is 0 Å². The Morgan fingerprint density at radius 1 is 1.24 bits per heavy atom. The van der Waals surface area contributed by atoms with Gasteiger partial charge in [-0.3, -0.25) is 4.98 Å². The van der Waals surface area contributed by atoms with Crippen LogP contribution in [0.5, 0.6) is 5.88 Å². The van der Waals surface area contributed by atoms with Gasteiger partial charge in [0.05, 0.1) is 6.61 Å². The maximum Gasteiger partial charge on any atom is 0.215 e. The van der Waals surface area contributed by atoms with Crippen molar-refractivity contribution in [3.05, 3.63) is 48.3 Å². The van der Waals surface area contributed by atoms with Crippen molar-refractivity contribution in [2.45, 2.75) is 19.9 Å². The molecular formula is C16H22N4O. The molecule has 112 valence electrons. The molecule has 0 unspecified atom stereocenters. The molecule has 21 heavy (non-hydrogen) atoms. The zero-order chi connectivity index (χ0) is 14.9. The van der Waals surface area contributed by atoms with Crippen molar-refractivity contribution in [3.8, 4) is 5.88 Å². The SMILES string of the molecule is CCOc1cccc(N(CCCN)Cc2cccnc2)n1. The number of rotatable bonds is 8. The maximum atomic E-state index is 5.64. The molecule has 0 radical (unpaired) electrons. The first-order valence-electron chi connectivity index (χ1n) is 7.27. The standard InChI is InChI=1S/C16H22N4O/c1-2-21-16-8-3-7-15(19-16)20(11-5-9-17)13-14-6-4-10-18-12-14/h3-4,6-8,10,12H,2,5,9,11,13,17H2,1H3. The largest absolute Gasteiger partial charge is 0.478 e. The number of nitrogens with zero attached hydrogens (tertiary/aromatic N) is 3. The molecule has 2 aromatic heterocycles. The number of hydrogen-bond donors (Lipinski definition) is 1. The average molecular weight is 286 g/mol. The molecule has 2 rings (SSSR count). The number of pyridine rings is 2. The number of nitrogens with two attached hydrogens (primary N) is 1. The summed E-state index contributed by atoms with van der Waals surface area (Å²) in [5, 5.41) is 0. The summed E-state index contributed by atoms with van der Waals surface area (Å²) in [4.78, 5) is 10.9. The third-order valence-electron chi connectivity index (χ3n) is 3.05. The van der Waals surface area contributed by atoms with Gasteiger partial charge in [0, 0.05) is 31.5 Å². The normalized spacial score (nSPS) is 10.4. The first-order valence-corrected chi connectivity index (χ1v) is 7.27. The minimum absolute atomic E-state index is 0.613. The minimum Gasteiger partial charge on any atom is -0.478 e. The van der Waals surface area contributed by atoms with Crippen molar-refractivity contribution >= 4 is 5.82 Å². The highest BCUT2D eigenvalue weighted by Crippen LogP contribution is 2.18. The molecule has 5 heteroatoms. The van der Waals surface area contributed by atoms with Crippen LogP contribution in [0.3, 0.4) is 0 Å². The van der Waals surface area contributed by atoms with Crippen LogP contribution in [-0.4, -0.2) is 29.7 Å². The van der Waals surface area contributed by atoms with Crippen LogP contribution in [-0.2, 0) is 6.54 Å². The smallest absolute Gasteiger partial charge is 0.215 e. The van der Waals surface area contributed by atoms with E-state index in [1.807, 2.05) is 37.4 Å². The third-order valence-corrected chi connectivity index (χ3v) is 3.05.